The number of anilines is 1. The third kappa shape index (κ3) is 4.91. The lowest BCUT2D eigenvalue weighted by atomic mass is 10.1. The van der Waals surface area contributed by atoms with Crippen LogP contribution in [0.15, 0.2) is 30.3 Å². The Morgan fingerprint density at radius 2 is 1.63 bits per heavy atom. The molecule has 0 spiro atoms. The number of sulfone groups is 1. The normalized spacial score (nSPS) is 10.8. The fraction of sp³-hybridized carbons (Fsp3) is 0.250. The second kappa shape index (κ2) is 8.45. The molecule has 0 saturated carbocycles. The van der Waals surface area contributed by atoms with Crippen LogP contribution in [0.5, 0.6) is 11.8 Å². The van der Waals surface area contributed by atoms with Gasteiger partial charge in [-0.1, -0.05) is 18.2 Å². The molecule has 0 radical (unpaired) electrons. The Kier molecular flexibility index (Phi) is 6.29. The third-order valence-corrected chi connectivity index (χ3v) is 4.72. The number of rotatable bonds is 6. The van der Waals surface area contributed by atoms with Gasteiger partial charge in [0, 0.05) is 0 Å². The molecule has 1 aromatic carbocycles. The lowest BCUT2D eigenvalue weighted by Gasteiger charge is -2.10. The van der Waals surface area contributed by atoms with Crippen molar-refractivity contribution in [2.24, 2.45) is 0 Å². The van der Waals surface area contributed by atoms with Gasteiger partial charge in [-0.25, -0.2) is 13.2 Å². The van der Waals surface area contributed by atoms with Crippen molar-refractivity contribution in [3.63, 3.8) is 0 Å². The number of carbonyl (C=O) groups is 2. The lowest BCUT2D eigenvalue weighted by molar-refractivity contribution is 0.0600. The summed E-state index contributed by atoms with van der Waals surface area (Å²) in [7, 11) is -0.478. The number of amides is 1. The quantitative estimate of drug-likeness (QED) is 0.721. The molecule has 0 saturated heterocycles. The summed E-state index contributed by atoms with van der Waals surface area (Å²) < 4.78 is 39.3. The Bertz CT molecular complexity index is 938. The van der Waals surface area contributed by atoms with Crippen LogP contribution in [0.3, 0.4) is 0 Å². The SMILES string of the molecule is COC(=O)c1ccccc1CS(=O)(=O)C(=O)Nc1nc(OC)cc(OC)n1. The Morgan fingerprint density at radius 1 is 1.04 bits per heavy atom. The maximum absolute atomic E-state index is 12.4. The highest BCUT2D eigenvalue weighted by molar-refractivity contribution is 8.05. The smallest absolute Gasteiger partial charge is 0.343 e. The molecule has 1 aromatic heterocycles. The second-order valence-electron chi connectivity index (χ2n) is 5.10. The number of methoxy groups -OCH3 is 3. The largest absolute Gasteiger partial charge is 0.481 e. The summed E-state index contributed by atoms with van der Waals surface area (Å²) in [6, 6.07) is 7.29. The Labute approximate surface area is 155 Å². The van der Waals surface area contributed by atoms with E-state index in [1.807, 2.05) is 0 Å². The van der Waals surface area contributed by atoms with Gasteiger partial charge in [0.2, 0.25) is 27.5 Å². The number of ether oxygens (including phenoxy) is 3. The molecule has 1 heterocycles. The number of nitrogens with zero attached hydrogens (tertiary/aromatic N) is 2. The van der Waals surface area contributed by atoms with Gasteiger partial charge in [-0.3, -0.25) is 10.1 Å². The Morgan fingerprint density at radius 3 is 2.19 bits per heavy atom. The molecule has 0 atom stereocenters. The first-order chi connectivity index (χ1) is 12.8. The number of hydrogen-bond acceptors (Lipinski definition) is 9. The van der Waals surface area contributed by atoms with E-state index in [1.54, 1.807) is 12.1 Å². The van der Waals surface area contributed by atoms with Crippen LogP contribution in [0.1, 0.15) is 15.9 Å². The number of esters is 1. The monoisotopic (exact) mass is 395 g/mol. The minimum Gasteiger partial charge on any atom is -0.481 e. The van der Waals surface area contributed by atoms with Crippen molar-refractivity contribution in [1.29, 1.82) is 0 Å². The van der Waals surface area contributed by atoms with Gasteiger partial charge in [-0.2, -0.15) is 9.97 Å². The predicted octanol–water partition coefficient (Wildman–Crippen LogP) is 1.43. The highest BCUT2D eigenvalue weighted by Gasteiger charge is 2.26. The first kappa shape index (κ1) is 20.1. The summed E-state index contributed by atoms with van der Waals surface area (Å²) in [5, 5.41) is 0.754. The number of hydrogen-bond donors (Lipinski definition) is 1. The average Bonchev–Trinajstić information content (AvgIpc) is 2.67. The molecule has 0 aliphatic heterocycles. The molecule has 0 fully saturated rings. The summed E-state index contributed by atoms with van der Waals surface area (Å²) in [5.41, 5.74) is 0.180. The van der Waals surface area contributed by atoms with E-state index in [1.165, 1.54) is 39.5 Å². The number of aromatic nitrogens is 2. The first-order valence-electron chi connectivity index (χ1n) is 7.47. The van der Waals surface area contributed by atoms with E-state index >= 15 is 0 Å². The van der Waals surface area contributed by atoms with Gasteiger partial charge < -0.3 is 14.2 Å². The zero-order valence-electron chi connectivity index (χ0n) is 14.8. The van der Waals surface area contributed by atoms with E-state index < -0.39 is 26.8 Å². The van der Waals surface area contributed by atoms with Crippen LogP contribution < -0.4 is 14.8 Å². The van der Waals surface area contributed by atoms with E-state index in [2.05, 4.69) is 20.0 Å². The van der Waals surface area contributed by atoms with Gasteiger partial charge in [-0.05, 0) is 11.6 Å². The second-order valence-corrected chi connectivity index (χ2v) is 6.99. The van der Waals surface area contributed by atoms with Crippen LogP contribution >= 0.6 is 0 Å². The summed E-state index contributed by atoms with van der Waals surface area (Å²) in [6.45, 7) is 0. The van der Waals surface area contributed by atoms with Gasteiger partial charge in [-0.15, -0.1) is 0 Å². The van der Waals surface area contributed by atoms with Gasteiger partial charge in [0.05, 0.1) is 38.7 Å². The van der Waals surface area contributed by atoms with E-state index in [-0.39, 0.29) is 28.8 Å². The lowest BCUT2D eigenvalue weighted by Crippen LogP contribution is -2.25. The molecule has 0 aliphatic carbocycles. The van der Waals surface area contributed by atoms with E-state index in [0.717, 1.165) is 0 Å². The van der Waals surface area contributed by atoms with Crippen molar-refractivity contribution in [2.75, 3.05) is 26.6 Å². The van der Waals surface area contributed by atoms with Crippen LogP contribution in [0.4, 0.5) is 10.7 Å². The number of benzene rings is 1. The summed E-state index contributed by atoms with van der Waals surface area (Å²) in [4.78, 5) is 31.6. The molecule has 1 amide bonds. The molecule has 0 bridgehead atoms. The van der Waals surface area contributed by atoms with Gasteiger partial charge >= 0.3 is 11.2 Å². The summed E-state index contributed by atoms with van der Waals surface area (Å²) >= 11 is 0. The summed E-state index contributed by atoms with van der Waals surface area (Å²) in [5.74, 6) is -1.56. The van der Waals surface area contributed by atoms with Crippen LogP contribution in [-0.2, 0) is 20.3 Å². The van der Waals surface area contributed by atoms with Crippen LogP contribution in [-0.4, -0.2) is 50.9 Å². The Balaban J connectivity index is 2.25. The molecule has 2 aromatic rings. The van der Waals surface area contributed by atoms with Crippen molar-refractivity contribution >= 4 is 27.0 Å². The molecule has 2 rings (SSSR count). The molecule has 0 aliphatic rings. The molecular formula is C16H17N3O7S. The van der Waals surface area contributed by atoms with Crippen LogP contribution in [0.2, 0.25) is 0 Å². The summed E-state index contributed by atoms with van der Waals surface area (Å²) in [6.07, 6.45) is 0. The van der Waals surface area contributed by atoms with Crippen molar-refractivity contribution in [3.05, 3.63) is 41.5 Å². The highest BCUT2D eigenvalue weighted by atomic mass is 32.2. The highest BCUT2D eigenvalue weighted by Crippen LogP contribution is 2.19. The molecule has 144 valence electrons. The zero-order valence-corrected chi connectivity index (χ0v) is 15.6. The van der Waals surface area contributed by atoms with E-state index in [9.17, 15) is 18.0 Å². The Hall–Kier alpha value is -3.21. The van der Waals surface area contributed by atoms with Crippen LogP contribution in [0.25, 0.3) is 0 Å². The molecule has 27 heavy (non-hydrogen) atoms. The average molecular weight is 395 g/mol. The zero-order chi connectivity index (χ0) is 20.0. The first-order valence-corrected chi connectivity index (χ1v) is 9.13. The molecule has 10 nitrogen and oxygen atoms in total. The maximum atomic E-state index is 12.4. The number of carbonyl (C=O) groups excluding carboxylic acids is 2. The van der Waals surface area contributed by atoms with E-state index in [0.29, 0.717) is 0 Å². The van der Waals surface area contributed by atoms with Gasteiger partial charge in [0.25, 0.3) is 0 Å². The van der Waals surface area contributed by atoms with Gasteiger partial charge in [0.15, 0.2) is 0 Å². The minimum absolute atomic E-state index is 0.0516. The minimum atomic E-state index is -4.33. The predicted molar refractivity (Wildman–Crippen MR) is 94.6 cm³/mol. The van der Waals surface area contributed by atoms with Crippen molar-refractivity contribution < 1.29 is 32.2 Å². The van der Waals surface area contributed by atoms with Crippen LogP contribution in [0, 0.1) is 0 Å². The van der Waals surface area contributed by atoms with Crippen molar-refractivity contribution in [2.45, 2.75) is 5.75 Å². The van der Waals surface area contributed by atoms with Gasteiger partial charge in [0.1, 0.15) is 0 Å². The standard InChI is InChI=1S/C16H17N3O7S/c1-24-12-8-13(25-2)18-15(17-12)19-16(21)27(22,23)9-10-6-4-5-7-11(10)14(20)26-3/h4-8H,9H2,1-3H3,(H,17,18,19,21). The molecular weight excluding hydrogens is 378 g/mol. The van der Waals surface area contributed by atoms with Crippen molar-refractivity contribution in [3.8, 4) is 11.8 Å². The van der Waals surface area contributed by atoms with Crippen molar-refractivity contribution in [1.82, 2.24) is 9.97 Å². The van der Waals surface area contributed by atoms with E-state index in [4.69, 9.17) is 9.47 Å². The maximum Gasteiger partial charge on any atom is 0.343 e. The number of nitrogens with one attached hydrogen (secondary N) is 1. The molecule has 11 heteroatoms. The third-order valence-electron chi connectivity index (χ3n) is 3.36. The fourth-order valence-electron chi connectivity index (χ4n) is 2.06. The topological polar surface area (TPSA) is 134 Å². The molecule has 0 unspecified atom stereocenters. The molecule has 1 N–H and O–H groups in total. The fourth-order valence-corrected chi connectivity index (χ4v) is 3.10.